The first-order chi connectivity index (χ1) is 11.9. The Morgan fingerprint density at radius 3 is 2.88 bits per heavy atom. The summed E-state index contributed by atoms with van der Waals surface area (Å²) >= 11 is 0. The Labute approximate surface area is 145 Å². The number of aryl methyl sites for hydroxylation is 2. The lowest BCUT2D eigenvalue weighted by atomic mass is 10.0. The molecular formula is C16H24N4O5. The average molecular weight is 352 g/mol. The van der Waals surface area contributed by atoms with Gasteiger partial charge in [0.15, 0.2) is 0 Å². The van der Waals surface area contributed by atoms with Gasteiger partial charge in [0.05, 0.1) is 18.8 Å². The highest BCUT2D eigenvalue weighted by Crippen LogP contribution is 2.13. The Kier molecular flexibility index (Phi) is 6.65. The second-order valence-electron chi connectivity index (χ2n) is 6.08. The number of hydrogen-bond donors (Lipinski definition) is 3. The molecule has 0 bridgehead atoms. The topological polar surface area (TPSA) is 136 Å². The van der Waals surface area contributed by atoms with Crippen molar-refractivity contribution in [2.75, 3.05) is 19.8 Å². The number of rotatable bonds is 7. The molecule has 4 N–H and O–H groups in total. The van der Waals surface area contributed by atoms with E-state index in [1.54, 1.807) is 13.8 Å². The Morgan fingerprint density at radius 2 is 2.20 bits per heavy atom. The highest BCUT2D eigenvalue weighted by Gasteiger charge is 2.28. The highest BCUT2D eigenvalue weighted by atomic mass is 16.5. The van der Waals surface area contributed by atoms with Crippen molar-refractivity contribution >= 4 is 11.8 Å². The van der Waals surface area contributed by atoms with Gasteiger partial charge in [-0.1, -0.05) is 0 Å². The number of aromatic nitrogens is 2. The van der Waals surface area contributed by atoms with Crippen molar-refractivity contribution < 1.29 is 19.1 Å². The van der Waals surface area contributed by atoms with E-state index in [1.807, 2.05) is 0 Å². The molecule has 1 aromatic rings. The van der Waals surface area contributed by atoms with E-state index in [2.05, 4.69) is 15.3 Å². The molecule has 0 radical (unpaired) electrons. The molecule has 9 nitrogen and oxygen atoms in total. The van der Waals surface area contributed by atoms with Gasteiger partial charge < -0.3 is 25.5 Å². The largest absolute Gasteiger partial charge is 0.379 e. The third-order valence-electron chi connectivity index (χ3n) is 4.13. The molecule has 2 heterocycles. The number of amides is 2. The number of nitrogens with one attached hydrogen (secondary N) is 2. The van der Waals surface area contributed by atoms with Gasteiger partial charge in [-0.25, -0.2) is 4.79 Å². The number of aromatic amines is 1. The summed E-state index contributed by atoms with van der Waals surface area (Å²) in [4.78, 5) is 40.9. The first-order valence-corrected chi connectivity index (χ1v) is 8.20. The lowest BCUT2D eigenvalue weighted by Gasteiger charge is -2.31. The number of nitrogens with two attached hydrogens (primary N) is 1. The van der Waals surface area contributed by atoms with Crippen molar-refractivity contribution in [3.63, 3.8) is 0 Å². The molecule has 25 heavy (non-hydrogen) atoms. The molecule has 0 spiro atoms. The molecule has 9 heteroatoms. The van der Waals surface area contributed by atoms with Gasteiger partial charge in [-0.2, -0.15) is 4.98 Å². The maximum Gasteiger partial charge on any atom is 0.345 e. The predicted octanol–water partition coefficient (Wildman–Crippen LogP) is -0.905. The zero-order valence-electron chi connectivity index (χ0n) is 14.5. The molecule has 1 aromatic heterocycles. The van der Waals surface area contributed by atoms with Crippen LogP contribution in [0.3, 0.4) is 0 Å². The molecule has 1 aliphatic heterocycles. The maximum absolute atomic E-state index is 12.3. The fourth-order valence-corrected chi connectivity index (χ4v) is 2.88. The van der Waals surface area contributed by atoms with E-state index in [0.717, 1.165) is 5.56 Å². The third-order valence-corrected chi connectivity index (χ3v) is 4.13. The van der Waals surface area contributed by atoms with Crippen molar-refractivity contribution in [1.82, 2.24) is 15.3 Å². The monoisotopic (exact) mass is 352 g/mol. The van der Waals surface area contributed by atoms with Crippen LogP contribution in [-0.2, 0) is 25.5 Å². The molecule has 0 saturated carbocycles. The van der Waals surface area contributed by atoms with E-state index >= 15 is 0 Å². The highest BCUT2D eigenvalue weighted by molar-refractivity contribution is 5.77. The zero-order chi connectivity index (χ0) is 18.4. The van der Waals surface area contributed by atoms with E-state index in [-0.39, 0.29) is 31.1 Å². The molecule has 0 aromatic carbocycles. The standard InChI is InChI=1S/C16H24N4O5/c1-9-11(10(2)19-16(23)18-9)3-4-15(22)20-12-7-24-6-5-13(12)25-8-14(17)21/h12-13H,3-8H2,1-2H3,(H2,17,21)(H,20,22)(H,18,19,23)/t12-,13+/m1/s1. The molecular weight excluding hydrogens is 328 g/mol. The summed E-state index contributed by atoms with van der Waals surface area (Å²) in [6.07, 6.45) is 0.992. The summed E-state index contributed by atoms with van der Waals surface area (Å²) in [5.41, 5.74) is 6.90. The van der Waals surface area contributed by atoms with Crippen LogP contribution in [0, 0.1) is 13.8 Å². The summed E-state index contributed by atoms with van der Waals surface area (Å²) in [6.45, 7) is 4.19. The van der Waals surface area contributed by atoms with Gasteiger partial charge in [0.2, 0.25) is 11.8 Å². The number of hydrogen-bond acceptors (Lipinski definition) is 6. The molecule has 0 unspecified atom stereocenters. The lowest BCUT2D eigenvalue weighted by molar-refractivity contribution is -0.131. The zero-order valence-corrected chi connectivity index (χ0v) is 14.5. The van der Waals surface area contributed by atoms with E-state index in [0.29, 0.717) is 37.4 Å². The van der Waals surface area contributed by atoms with Gasteiger partial charge >= 0.3 is 5.69 Å². The number of H-pyrrole nitrogens is 1. The van der Waals surface area contributed by atoms with Crippen molar-refractivity contribution in [1.29, 1.82) is 0 Å². The Balaban J connectivity index is 1.90. The van der Waals surface area contributed by atoms with Crippen molar-refractivity contribution in [3.8, 4) is 0 Å². The molecule has 0 aliphatic carbocycles. The van der Waals surface area contributed by atoms with Crippen LogP contribution >= 0.6 is 0 Å². The second-order valence-corrected chi connectivity index (χ2v) is 6.08. The summed E-state index contributed by atoms with van der Waals surface area (Å²) in [5.74, 6) is -0.707. The van der Waals surface area contributed by atoms with Crippen LogP contribution in [0.25, 0.3) is 0 Å². The van der Waals surface area contributed by atoms with Crippen molar-refractivity contribution in [3.05, 3.63) is 27.4 Å². The number of carbonyl (C=O) groups excluding carboxylic acids is 2. The van der Waals surface area contributed by atoms with Gasteiger partial charge in [0, 0.05) is 24.4 Å². The van der Waals surface area contributed by atoms with Gasteiger partial charge in [0.25, 0.3) is 0 Å². The molecule has 138 valence electrons. The molecule has 2 amide bonds. The van der Waals surface area contributed by atoms with Crippen LogP contribution < -0.4 is 16.7 Å². The van der Waals surface area contributed by atoms with Gasteiger partial charge in [-0.3, -0.25) is 9.59 Å². The number of ether oxygens (including phenoxy) is 2. The minimum Gasteiger partial charge on any atom is -0.379 e. The predicted molar refractivity (Wildman–Crippen MR) is 89.0 cm³/mol. The van der Waals surface area contributed by atoms with E-state index in [9.17, 15) is 14.4 Å². The first kappa shape index (κ1) is 19.1. The molecule has 1 saturated heterocycles. The Hall–Kier alpha value is -2.26. The van der Waals surface area contributed by atoms with Crippen LogP contribution in [0.4, 0.5) is 0 Å². The fourth-order valence-electron chi connectivity index (χ4n) is 2.88. The normalized spacial score (nSPS) is 20.2. The van der Waals surface area contributed by atoms with Gasteiger partial charge in [-0.05, 0) is 32.3 Å². The smallest absolute Gasteiger partial charge is 0.345 e. The van der Waals surface area contributed by atoms with E-state index in [1.165, 1.54) is 0 Å². The quantitative estimate of drug-likeness (QED) is 0.581. The van der Waals surface area contributed by atoms with Gasteiger partial charge in [0.1, 0.15) is 6.61 Å². The van der Waals surface area contributed by atoms with Crippen LogP contribution in [0.15, 0.2) is 4.79 Å². The van der Waals surface area contributed by atoms with E-state index < -0.39 is 11.6 Å². The van der Waals surface area contributed by atoms with Crippen LogP contribution in [0.1, 0.15) is 29.8 Å². The Morgan fingerprint density at radius 1 is 1.44 bits per heavy atom. The van der Waals surface area contributed by atoms with Crippen LogP contribution in [0.2, 0.25) is 0 Å². The van der Waals surface area contributed by atoms with Crippen molar-refractivity contribution in [2.45, 2.75) is 45.3 Å². The maximum atomic E-state index is 12.3. The van der Waals surface area contributed by atoms with Crippen LogP contribution in [0.5, 0.6) is 0 Å². The minimum absolute atomic E-state index is 0.159. The summed E-state index contributed by atoms with van der Waals surface area (Å²) in [7, 11) is 0. The Bertz CT molecular complexity index is 661. The average Bonchev–Trinajstić information content (AvgIpc) is 2.53. The SMILES string of the molecule is Cc1nc(=O)[nH]c(C)c1CCC(=O)N[C@@H]1COCC[C@@H]1OCC(N)=O. The molecule has 1 fully saturated rings. The van der Waals surface area contributed by atoms with Gasteiger partial charge in [-0.15, -0.1) is 0 Å². The number of carbonyl (C=O) groups is 2. The van der Waals surface area contributed by atoms with E-state index in [4.69, 9.17) is 15.2 Å². The number of primary amides is 1. The molecule has 1 aliphatic rings. The summed E-state index contributed by atoms with van der Waals surface area (Å²) < 4.78 is 10.8. The number of nitrogens with zero attached hydrogens (tertiary/aromatic N) is 1. The van der Waals surface area contributed by atoms with Crippen molar-refractivity contribution in [2.24, 2.45) is 5.73 Å². The second kappa shape index (κ2) is 8.72. The van der Waals surface area contributed by atoms with Crippen LogP contribution in [-0.4, -0.2) is 53.7 Å². The summed E-state index contributed by atoms with van der Waals surface area (Å²) in [6, 6.07) is -0.323. The molecule has 2 atom stereocenters. The first-order valence-electron chi connectivity index (χ1n) is 8.20. The third kappa shape index (κ3) is 5.64. The molecule has 2 rings (SSSR count). The minimum atomic E-state index is -0.548. The fraction of sp³-hybridized carbons (Fsp3) is 0.625. The lowest BCUT2D eigenvalue weighted by Crippen LogP contribution is -2.51. The summed E-state index contributed by atoms with van der Waals surface area (Å²) in [5, 5.41) is 2.88.